The second kappa shape index (κ2) is 4.45. The number of furan rings is 1. The van der Waals surface area contributed by atoms with Crippen LogP contribution in [0.15, 0.2) is 16.7 Å². The van der Waals surface area contributed by atoms with Crippen molar-refractivity contribution in [2.75, 3.05) is 18.0 Å². The van der Waals surface area contributed by atoms with E-state index in [2.05, 4.69) is 20.1 Å². The van der Waals surface area contributed by atoms with E-state index in [-0.39, 0.29) is 0 Å². The molecule has 1 saturated heterocycles. The summed E-state index contributed by atoms with van der Waals surface area (Å²) in [6.45, 7) is 3.81. The third-order valence-electron chi connectivity index (χ3n) is 3.37. The van der Waals surface area contributed by atoms with Gasteiger partial charge in [-0.05, 0) is 31.4 Å². The number of aromatic nitrogens is 3. The Hall–Kier alpha value is -1.82. The molecule has 1 aliphatic heterocycles. The normalized spacial score (nSPS) is 17.3. The number of nitrogens with two attached hydrogens (primary N) is 1. The fourth-order valence-corrected chi connectivity index (χ4v) is 2.21. The quantitative estimate of drug-likeness (QED) is 0.835. The summed E-state index contributed by atoms with van der Waals surface area (Å²) in [7, 11) is 0. The minimum absolute atomic E-state index is 0.312. The van der Waals surface area contributed by atoms with Crippen molar-refractivity contribution in [3.05, 3.63) is 17.9 Å². The smallest absolute Gasteiger partial charge is 0.245 e. The summed E-state index contributed by atoms with van der Waals surface area (Å²) in [6.07, 6.45) is 3.64. The molecule has 18 heavy (non-hydrogen) atoms. The van der Waals surface area contributed by atoms with Crippen LogP contribution in [-0.2, 0) is 0 Å². The molecule has 2 aromatic rings. The molecule has 6 nitrogen and oxygen atoms in total. The SMILES string of the molecule is Cc1ccoc1-c1nc(N2CCC(N)CC2)n[nH]1. The predicted octanol–water partition coefficient (Wildman–Crippen LogP) is 1.30. The van der Waals surface area contributed by atoms with E-state index in [0.29, 0.717) is 11.9 Å². The molecule has 0 aromatic carbocycles. The molecule has 0 saturated carbocycles. The fraction of sp³-hybridized carbons (Fsp3) is 0.500. The van der Waals surface area contributed by atoms with E-state index in [1.54, 1.807) is 6.26 Å². The zero-order chi connectivity index (χ0) is 12.5. The fourth-order valence-electron chi connectivity index (χ4n) is 2.21. The van der Waals surface area contributed by atoms with Gasteiger partial charge in [0.1, 0.15) is 0 Å². The predicted molar refractivity (Wildman–Crippen MR) is 68.2 cm³/mol. The van der Waals surface area contributed by atoms with Gasteiger partial charge >= 0.3 is 0 Å². The topological polar surface area (TPSA) is 84.0 Å². The average molecular weight is 247 g/mol. The Morgan fingerprint density at radius 1 is 1.44 bits per heavy atom. The van der Waals surface area contributed by atoms with Gasteiger partial charge in [-0.1, -0.05) is 0 Å². The lowest BCUT2D eigenvalue weighted by molar-refractivity contribution is 0.496. The summed E-state index contributed by atoms with van der Waals surface area (Å²) in [4.78, 5) is 6.64. The van der Waals surface area contributed by atoms with Crippen LogP contribution in [0.5, 0.6) is 0 Å². The van der Waals surface area contributed by atoms with Crippen molar-refractivity contribution < 1.29 is 4.42 Å². The third-order valence-corrected chi connectivity index (χ3v) is 3.37. The van der Waals surface area contributed by atoms with Crippen LogP contribution in [0.4, 0.5) is 5.95 Å². The standard InChI is InChI=1S/C12H17N5O/c1-8-4-7-18-10(8)11-14-12(16-15-11)17-5-2-9(13)3-6-17/h4,7,9H,2-3,5-6,13H2,1H3,(H,14,15,16). The van der Waals surface area contributed by atoms with Crippen LogP contribution in [0.1, 0.15) is 18.4 Å². The van der Waals surface area contributed by atoms with Gasteiger partial charge in [0, 0.05) is 19.1 Å². The molecule has 2 aromatic heterocycles. The molecule has 3 N–H and O–H groups in total. The summed E-state index contributed by atoms with van der Waals surface area (Å²) >= 11 is 0. The summed E-state index contributed by atoms with van der Waals surface area (Å²) in [5.41, 5.74) is 6.94. The summed E-state index contributed by atoms with van der Waals surface area (Å²) < 4.78 is 5.40. The molecule has 3 rings (SSSR count). The first kappa shape index (κ1) is 11.3. The van der Waals surface area contributed by atoms with Gasteiger partial charge in [-0.3, -0.25) is 5.10 Å². The van der Waals surface area contributed by atoms with Crippen molar-refractivity contribution in [1.82, 2.24) is 15.2 Å². The van der Waals surface area contributed by atoms with E-state index >= 15 is 0 Å². The third kappa shape index (κ3) is 1.99. The molecule has 0 bridgehead atoms. The Bertz CT molecular complexity index is 524. The van der Waals surface area contributed by atoms with E-state index in [1.807, 2.05) is 13.0 Å². The summed E-state index contributed by atoms with van der Waals surface area (Å²) in [5.74, 6) is 2.16. The molecule has 96 valence electrons. The molecule has 0 amide bonds. The van der Waals surface area contributed by atoms with E-state index in [9.17, 15) is 0 Å². The van der Waals surface area contributed by atoms with Gasteiger partial charge in [0.05, 0.1) is 6.26 Å². The first-order valence-corrected chi connectivity index (χ1v) is 6.21. The number of piperidine rings is 1. The Balaban J connectivity index is 1.80. The van der Waals surface area contributed by atoms with Crippen LogP contribution in [0.2, 0.25) is 0 Å². The van der Waals surface area contributed by atoms with Gasteiger partial charge in [0.15, 0.2) is 11.6 Å². The summed E-state index contributed by atoms with van der Waals surface area (Å²) in [5, 5.41) is 7.18. The molecule has 0 aliphatic carbocycles. The van der Waals surface area contributed by atoms with Gasteiger partial charge in [0.2, 0.25) is 5.95 Å². The first-order valence-electron chi connectivity index (χ1n) is 6.21. The second-order valence-corrected chi connectivity index (χ2v) is 4.74. The number of nitrogens with one attached hydrogen (secondary N) is 1. The van der Waals surface area contributed by atoms with Gasteiger partial charge in [-0.2, -0.15) is 4.98 Å². The van der Waals surface area contributed by atoms with Crippen LogP contribution in [0.25, 0.3) is 11.6 Å². The number of hydrogen-bond donors (Lipinski definition) is 2. The Kier molecular flexibility index (Phi) is 2.79. The Morgan fingerprint density at radius 3 is 2.89 bits per heavy atom. The highest BCUT2D eigenvalue weighted by atomic mass is 16.3. The molecule has 3 heterocycles. The number of rotatable bonds is 2. The molecule has 1 aliphatic rings. The Morgan fingerprint density at radius 2 is 2.22 bits per heavy atom. The number of aromatic amines is 1. The van der Waals surface area contributed by atoms with Crippen molar-refractivity contribution in [3.8, 4) is 11.6 Å². The largest absolute Gasteiger partial charge is 0.461 e. The molecule has 1 fully saturated rings. The maximum absolute atomic E-state index is 5.89. The lowest BCUT2D eigenvalue weighted by Crippen LogP contribution is -2.40. The summed E-state index contributed by atoms with van der Waals surface area (Å²) in [6, 6.07) is 2.23. The van der Waals surface area contributed by atoms with Crippen LogP contribution >= 0.6 is 0 Å². The van der Waals surface area contributed by atoms with Gasteiger partial charge < -0.3 is 15.1 Å². The number of anilines is 1. The zero-order valence-corrected chi connectivity index (χ0v) is 10.4. The van der Waals surface area contributed by atoms with Crippen molar-refractivity contribution in [1.29, 1.82) is 0 Å². The molecular weight excluding hydrogens is 230 g/mol. The van der Waals surface area contributed by atoms with Crippen molar-refractivity contribution in [2.24, 2.45) is 5.73 Å². The van der Waals surface area contributed by atoms with E-state index < -0.39 is 0 Å². The van der Waals surface area contributed by atoms with Gasteiger partial charge in [-0.25, -0.2) is 0 Å². The maximum Gasteiger partial charge on any atom is 0.245 e. The molecule has 0 unspecified atom stereocenters. The van der Waals surface area contributed by atoms with E-state index in [1.165, 1.54) is 0 Å². The van der Waals surface area contributed by atoms with Crippen LogP contribution < -0.4 is 10.6 Å². The molecule has 0 atom stereocenters. The van der Waals surface area contributed by atoms with Crippen molar-refractivity contribution in [3.63, 3.8) is 0 Å². The van der Waals surface area contributed by atoms with Crippen molar-refractivity contribution >= 4 is 5.95 Å². The highest BCUT2D eigenvalue weighted by Gasteiger charge is 2.20. The van der Waals surface area contributed by atoms with Crippen LogP contribution in [0.3, 0.4) is 0 Å². The lowest BCUT2D eigenvalue weighted by Gasteiger charge is -2.28. The zero-order valence-electron chi connectivity index (χ0n) is 10.4. The minimum Gasteiger partial charge on any atom is -0.461 e. The molecule has 0 radical (unpaired) electrons. The monoisotopic (exact) mass is 247 g/mol. The van der Waals surface area contributed by atoms with E-state index in [0.717, 1.165) is 43.2 Å². The van der Waals surface area contributed by atoms with Gasteiger partial charge in [-0.15, -0.1) is 5.10 Å². The molecular formula is C12H17N5O. The molecule has 6 heteroatoms. The number of aryl methyl sites for hydroxylation is 1. The minimum atomic E-state index is 0.312. The average Bonchev–Trinajstić information content (AvgIpc) is 2.98. The van der Waals surface area contributed by atoms with Crippen LogP contribution in [0, 0.1) is 6.92 Å². The van der Waals surface area contributed by atoms with Gasteiger partial charge in [0.25, 0.3) is 0 Å². The lowest BCUT2D eigenvalue weighted by atomic mass is 10.1. The number of H-pyrrole nitrogens is 1. The number of hydrogen-bond acceptors (Lipinski definition) is 5. The highest BCUT2D eigenvalue weighted by Crippen LogP contribution is 2.23. The second-order valence-electron chi connectivity index (χ2n) is 4.74. The maximum atomic E-state index is 5.89. The van der Waals surface area contributed by atoms with Crippen molar-refractivity contribution in [2.45, 2.75) is 25.8 Å². The van der Waals surface area contributed by atoms with E-state index in [4.69, 9.17) is 10.2 Å². The highest BCUT2D eigenvalue weighted by molar-refractivity contribution is 5.53. The first-order chi connectivity index (χ1) is 8.74. The Labute approximate surface area is 105 Å². The molecule has 0 spiro atoms. The number of nitrogens with zero attached hydrogens (tertiary/aromatic N) is 3. The van der Waals surface area contributed by atoms with Crippen LogP contribution in [-0.4, -0.2) is 34.3 Å².